The van der Waals surface area contributed by atoms with Crippen LogP contribution >= 0.6 is 0 Å². The molecule has 0 aromatic heterocycles. The molecule has 0 aliphatic carbocycles. The van der Waals surface area contributed by atoms with Crippen LogP contribution in [0.5, 0.6) is 0 Å². The van der Waals surface area contributed by atoms with Crippen LogP contribution in [0.1, 0.15) is 13.3 Å². The number of likely N-dealkylation sites (tertiary alicyclic amines) is 1. The summed E-state index contributed by atoms with van der Waals surface area (Å²) in [6.07, 6.45) is 0.542. The topological polar surface area (TPSA) is 46.6 Å². The van der Waals surface area contributed by atoms with Crippen molar-refractivity contribution in [3.8, 4) is 0 Å². The second kappa shape index (κ2) is 3.38. The summed E-state index contributed by atoms with van der Waals surface area (Å²) < 4.78 is 4.68. The first-order valence-electron chi connectivity index (χ1n) is 3.73. The van der Waals surface area contributed by atoms with Gasteiger partial charge < -0.3 is 9.64 Å². The Morgan fingerprint density at radius 2 is 2.42 bits per heavy atom. The number of amides is 1. The first kappa shape index (κ1) is 8.77. The van der Waals surface area contributed by atoms with Crippen molar-refractivity contribution < 1.29 is 14.3 Å². The predicted octanol–water partition coefficient (Wildman–Crippen LogP) is 0.295. The highest BCUT2D eigenvalue weighted by molar-refractivity contribution is 5.86. The maximum atomic E-state index is 10.9. The van der Waals surface area contributed by atoms with Crippen LogP contribution in [0.4, 0.5) is 0 Å². The molecular formula is C8H11NO3. The number of ether oxygens (including phenoxy) is 1. The third kappa shape index (κ3) is 2.08. The zero-order valence-corrected chi connectivity index (χ0v) is 7.00. The van der Waals surface area contributed by atoms with E-state index in [4.69, 9.17) is 0 Å². The Morgan fingerprint density at radius 1 is 1.75 bits per heavy atom. The second-order valence-electron chi connectivity index (χ2n) is 2.74. The molecule has 0 saturated carbocycles. The van der Waals surface area contributed by atoms with Crippen LogP contribution in [0.15, 0.2) is 12.3 Å². The number of hydrogen-bond acceptors (Lipinski definition) is 3. The standard InChI is InChI=1S/C8H11NO3/c1-6(2)12-8(11)5-9-4-3-7(9)10/h1,3-5H2,2H3. The molecule has 0 spiro atoms. The lowest BCUT2D eigenvalue weighted by Crippen LogP contribution is -2.46. The molecule has 4 nitrogen and oxygen atoms in total. The summed E-state index contributed by atoms with van der Waals surface area (Å²) >= 11 is 0. The number of carbonyl (C=O) groups excluding carboxylic acids is 2. The highest BCUT2D eigenvalue weighted by Gasteiger charge is 2.26. The summed E-state index contributed by atoms with van der Waals surface area (Å²) in [6, 6.07) is 0. The maximum Gasteiger partial charge on any atom is 0.330 e. The van der Waals surface area contributed by atoms with E-state index in [0.29, 0.717) is 18.7 Å². The van der Waals surface area contributed by atoms with Crippen molar-refractivity contribution in [2.24, 2.45) is 0 Å². The van der Waals surface area contributed by atoms with Crippen molar-refractivity contribution in [1.29, 1.82) is 0 Å². The Kier molecular flexibility index (Phi) is 2.47. The minimum absolute atomic E-state index is 0.00802. The molecule has 1 amide bonds. The minimum Gasteiger partial charge on any atom is -0.431 e. The molecule has 1 rings (SSSR count). The average Bonchev–Trinajstić information content (AvgIpc) is 1.96. The molecule has 1 aliphatic heterocycles. The van der Waals surface area contributed by atoms with Gasteiger partial charge in [-0.1, -0.05) is 6.58 Å². The van der Waals surface area contributed by atoms with Crippen LogP contribution in [-0.2, 0) is 14.3 Å². The molecule has 4 heteroatoms. The number of esters is 1. The highest BCUT2D eigenvalue weighted by atomic mass is 16.5. The third-order valence-electron chi connectivity index (χ3n) is 1.56. The van der Waals surface area contributed by atoms with Gasteiger partial charge in [-0.2, -0.15) is 0 Å². The summed E-state index contributed by atoms with van der Waals surface area (Å²) in [5, 5.41) is 0. The molecule has 0 N–H and O–H groups in total. The minimum atomic E-state index is -0.421. The molecule has 1 fully saturated rings. The van der Waals surface area contributed by atoms with Crippen molar-refractivity contribution >= 4 is 11.9 Å². The van der Waals surface area contributed by atoms with Gasteiger partial charge in [0.05, 0.1) is 5.76 Å². The first-order chi connectivity index (χ1) is 5.59. The fourth-order valence-electron chi connectivity index (χ4n) is 0.911. The van der Waals surface area contributed by atoms with Gasteiger partial charge in [0.1, 0.15) is 6.54 Å². The van der Waals surface area contributed by atoms with Gasteiger partial charge in [0.2, 0.25) is 5.91 Å². The number of nitrogens with zero attached hydrogens (tertiary/aromatic N) is 1. The summed E-state index contributed by atoms with van der Waals surface area (Å²) in [6.45, 7) is 5.72. The Hall–Kier alpha value is -1.32. The predicted molar refractivity (Wildman–Crippen MR) is 42.1 cm³/mol. The smallest absolute Gasteiger partial charge is 0.330 e. The first-order valence-corrected chi connectivity index (χ1v) is 3.73. The van der Waals surface area contributed by atoms with Gasteiger partial charge in [0, 0.05) is 13.0 Å². The van der Waals surface area contributed by atoms with Crippen molar-refractivity contribution in [1.82, 2.24) is 4.90 Å². The van der Waals surface area contributed by atoms with E-state index >= 15 is 0 Å². The van der Waals surface area contributed by atoms with E-state index in [2.05, 4.69) is 11.3 Å². The molecule has 1 saturated heterocycles. The number of carbonyl (C=O) groups is 2. The van der Waals surface area contributed by atoms with E-state index < -0.39 is 5.97 Å². The normalized spacial score (nSPS) is 15.4. The number of β-lactam (4-membered cyclic amide) rings is 1. The molecule has 0 bridgehead atoms. The molecule has 0 radical (unpaired) electrons. The van der Waals surface area contributed by atoms with E-state index in [9.17, 15) is 9.59 Å². The van der Waals surface area contributed by atoms with Crippen molar-refractivity contribution in [2.75, 3.05) is 13.1 Å². The second-order valence-corrected chi connectivity index (χ2v) is 2.74. The van der Waals surface area contributed by atoms with Gasteiger partial charge in [-0.05, 0) is 6.92 Å². The third-order valence-corrected chi connectivity index (χ3v) is 1.56. The Bertz CT molecular complexity index is 234. The number of hydrogen-bond donors (Lipinski definition) is 0. The van der Waals surface area contributed by atoms with Crippen molar-refractivity contribution in [3.05, 3.63) is 12.3 Å². The quantitative estimate of drug-likeness (QED) is 0.346. The molecule has 66 valence electrons. The van der Waals surface area contributed by atoms with Crippen LogP contribution in [0.2, 0.25) is 0 Å². The molecular weight excluding hydrogens is 158 g/mol. The fraction of sp³-hybridized carbons (Fsp3) is 0.500. The number of rotatable bonds is 3. The lowest BCUT2D eigenvalue weighted by atomic mass is 10.2. The zero-order chi connectivity index (χ0) is 9.14. The van der Waals surface area contributed by atoms with E-state index in [1.807, 2.05) is 0 Å². The lowest BCUT2D eigenvalue weighted by molar-refractivity contribution is -0.151. The van der Waals surface area contributed by atoms with E-state index in [0.717, 1.165) is 0 Å². The van der Waals surface area contributed by atoms with Gasteiger partial charge in [0.15, 0.2) is 0 Å². The SMILES string of the molecule is C=C(C)OC(=O)CN1CCC1=O. The van der Waals surface area contributed by atoms with Crippen LogP contribution < -0.4 is 0 Å². The average molecular weight is 169 g/mol. The monoisotopic (exact) mass is 169 g/mol. The largest absolute Gasteiger partial charge is 0.431 e. The summed E-state index contributed by atoms with van der Waals surface area (Å²) in [5.74, 6) is -0.0582. The molecule has 0 atom stereocenters. The van der Waals surface area contributed by atoms with Gasteiger partial charge in [-0.25, -0.2) is 4.79 Å². The van der Waals surface area contributed by atoms with Crippen molar-refractivity contribution in [2.45, 2.75) is 13.3 Å². The van der Waals surface area contributed by atoms with Crippen LogP contribution in [0.3, 0.4) is 0 Å². The molecule has 0 aromatic rings. The Labute approximate surface area is 70.8 Å². The zero-order valence-electron chi connectivity index (χ0n) is 7.00. The summed E-state index contributed by atoms with van der Waals surface area (Å²) in [4.78, 5) is 23.1. The highest BCUT2D eigenvalue weighted by Crippen LogP contribution is 2.08. The van der Waals surface area contributed by atoms with Gasteiger partial charge >= 0.3 is 5.97 Å². The molecule has 1 heterocycles. The summed E-state index contributed by atoms with van der Waals surface area (Å²) in [5.41, 5.74) is 0. The van der Waals surface area contributed by atoms with E-state index in [1.165, 1.54) is 4.90 Å². The molecule has 1 aliphatic rings. The summed E-state index contributed by atoms with van der Waals surface area (Å²) in [7, 11) is 0. The van der Waals surface area contributed by atoms with Crippen LogP contribution in [0.25, 0.3) is 0 Å². The van der Waals surface area contributed by atoms with E-state index in [-0.39, 0.29) is 12.5 Å². The van der Waals surface area contributed by atoms with E-state index in [1.54, 1.807) is 6.92 Å². The molecule has 0 aromatic carbocycles. The van der Waals surface area contributed by atoms with Gasteiger partial charge in [-0.3, -0.25) is 4.79 Å². The van der Waals surface area contributed by atoms with Crippen LogP contribution in [0, 0.1) is 0 Å². The van der Waals surface area contributed by atoms with Gasteiger partial charge in [0.25, 0.3) is 0 Å². The molecule has 12 heavy (non-hydrogen) atoms. The fourth-order valence-corrected chi connectivity index (χ4v) is 0.911. The molecule has 0 unspecified atom stereocenters. The maximum absolute atomic E-state index is 10.9. The Morgan fingerprint density at radius 3 is 2.75 bits per heavy atom. The van der Waals surface area contributed by atoms with Gasteiger partial charge in [-0.15, -0.1) is 0 Å². The number of allylic oxidation sites excluding steroid dienone is 1. The van der Waals surface area contributed by atoms with Crippen LogP contribution in [-0.4, -0.2) is 29.9 Å². The van der Waals surface area contributed by atoms with Crippen molar-refractivity contribution in [3.63, 3.8) is 0 Å². The Balaban J connectivity index is 2.26. The lowest BCUT2D eigenvalue weighted by Gasteiger charge is -2.29.